The molecule has 0 saturated carbocycles. The minimum absolute atomic E-state index is 0.0231. The molecule has 1 atom stereocenters. The highest BCUT2D eigenvalue weighted by atomic mass is 32.2. The Morgan fingerprint density at radius 2 is 1.48 bits per heavy atom. The lowest BCUT2D eigenvalue weighted by Gasteiger charge is -2.23. The van der Waals surface area contributed by atoms with Crippen LogP contribution in [0.5, 0.6) is 11.5 Å². The molecule has 5 rings (SSSR count). The topological polar surface area (TPSA) is 138 Å². The molecule has 0 fully saturated rings. The molecule has 1 amide bonds. The summed E-state index contributed by atoms with van der Waals surface area (Å²) in [6.45, 7) is 6.43. The number of benzene rings is 4. The molecular formula is C34H36N6O5S. The van der Waals surface area contributed by atoms with E-state index in [1.54, 1.807) is 68.8 Å². The van der Waals surface area contributed by atoms with Gasteiger partial charge >= 0.3 is 0 Å². The van der Waals surface area contributed by atoms with Gasteiger partial charge in [0.15, 0.2) is 11.6 Å². The molecule has 0 radical (unpaired) electrons. The molecule has 0 aliphatic carbocycles. The van der Waals surface area contributed by atoms with Crippen LogP contribution in [0, 0.1) is 0 Å². The van der Waals surface area contributed by atoms with Crippen molar-refractivity contribution in [2.45, 2.75) is 26.2 Å². The largest absolute Gasteiger partial charge is 0.497 e. The summed E-state index contributed by atoms with van der Waals surface area (Å²) in [5, 5.41) is 9.24. The Balaban J connectivity index is 1.44. The van der Waals surface area contributed by atoms with Gasteiger partial charge < -0.3 is 25.4 Å². The van der Waals surface area contributed by atoms with Crippen molar-refractivity contribution in [2.24, 2.45) is 0 Å². The molecule has 0 bridgehead atoms. The van der Waals surface area contributed by atoms with Gasteiger partial charge in [-0.2, -0.15) is 0 Å². The third kappa shape index (κ3) is 7.71. The zero-order valence-corrected chi connectivity index (χ0v) is 27.0. The van der Waals surface area contributed by atoms with E-state index < -0.39 is 11.3 Å². The summed E-state index contributed by atoms with van der Waals surface area (Å²) >= 11 is -2.57. The highest BCUT2D eigenvalue weighted by Crippen LogP contribution is 2.36. The van der Waals surface area contributed by atoms with Crippen LogP contribution in [0.2, 0.25) is 0 Å². The number of amides is 1. The minimum Gasteiger partial charge on any atom is -0.497 e. The van der Waals surface area contributed by atoms with Gasteiger partial charge in [0.1, 0.15) is 11.5 Å². The maximum absolute atomic E-state index is 12.9. The van der Waals surface area contributed by atoms with Crippen molar-refractivity contribution < 1.29 is 23.0 Å². The molecule has 12 heteroatoms. The van der Waals surface area contributed by atoms with E-state index in [1.165, 1.54) is 0 Å². The van der Waals surface area contributed by atoms with Gasteiger partial charge in [-0.25, -0.2) is 18.5 Å². The number of hydrogen-bond acceptors (Lipinski definition) is 8. The van der Waals surface area contributed by atoms with Gasteiger partial charge in [-0.3, -0.25) is 9.35 Å². The van der Waals surface area contributed by atoms with Crippen LogP contribution in [-0.4, -0.2) is 45.4 Å². The Morgan fingerprint density at radius 3 is 2.13 bits per heavy atom. The molecule has 0 aliphatic heterocycles. The maximum Gasteiger partial charge on any atom is 0.268 e. The van der Waals surface area contributed by atoms with E-state index in [4.69, 9.17) is 19.4 Å². The number of fused-ring (bicyclic) bond motifs is 1. The van der Waals surface area contributed by atoms with E-state index in [1.807, 2.05) is 30.3 Å². The molecule has 5 aromatic rings. The first-order chi connectivity index (χ1) is 22.0. The number of nitrogens with one attached hydrogen (secondary N) is 3. The van der Waals surface area contributed by atoms with Crippen LogP contribution in [0.25, 0.3) is 11.0 Å². The maximum atomic E-state index is 12.9. The first-order valence-corrected chi connectivity index (χ1v) is 15.5. The van der Waals surface area contributed by atoms with Crippen LogP contribution in [0.1, 0.15) is 26.3 Å². The molecule has 4 N–H and O–H groups in total. The predicted octanol–water partition coefficient (Wildman–Crippen LogP) is 7.01. The number of hydrogen-bond donors (Lipinski definition) is 4. The van der Waals surface area contributed by atoms with Gasteiger partial charge in [0.05, 0.1) is 37.5 Å². The summed E-state index contributed by atoms with van der Waals surface area (Å²) in [5.41, 5.74) is 4.36. The number of nitrogens with zero attached hydrogens (tertiary/aromatic N) is 3. The molecule has 4 aromatic carbocycles. The zero-order chi connectivity index (χ0) is 32.8. The van der Waals surface area contributed by atoms with Crippen molar-refractivity contribution in [2.75, 3.05) is 41.0 Å². The van der Waals surface area contributed by atoms with Crippen LogP contribution in [-0.2, 0) is 21.5 Å². The molecule has 0 spiro atoms. The first kappa shape index (κ1) is 32.2. The normalized spacial score (nSPS) is 11.9. The van der Waals surface area contributed by atoms with Crippen LogP contribution in [0.4, 0.5) is 34.4 Å². The van der Waals surface area contributed by atoms with E-state index >= 15 is 0 Å². The highest BCUT2D eigenvalue weighted by molar-refractivity contribution is 7.81. The summed E-state index contributed by atoms with van der Waals surface area (Å²) in [4.78, 5) is 22.4. The Morgan fingerprint density at radius 1 is 0.826 bits per heavy atom. The summed E-state index contributed by atoms with van der Waals surface area (Å²) in [5.74, 6) is 1.10. The monoisotopic (exact) mass is 640 g/mol. The second-order valence-electron chi connectivity index (χ2n) is 11.4. The van der Waals surface area contributed by atoms with E-state index in [-0.39, 0.29) is 29.5 Å². The number of carbonyl (C=O) groups is 1. The van der Waals surface area contributed by atoms with Crippen molar-refractivity contribution in [3.63, 3.8) is 0 Å². The van der Waals surface area contributed by atoms with Crippen molar-refractivity contribution in [1.82, 2.24) is 9.97 Å². The predicted molar refractivity (Wildman–Crippen MR) is 184 cm³/mol. The minimum atomic E-state index is -2.57. The third-order valence-electron chi connectivity index (χ3n) is 7.06. The van der Waals surface area contributed by atoms with Crippen molar-refractivity contribution in [1.29, 1.82) is 0 Å². The molecule has 1 aromatic heterocycles. The molecule has 1 heterocycles. The van der Waals surface area contributed by atoms with Crippen molar-refractivity contribution in [3.05, 3.63) is 96.6 Å². The number of methoxy groups -OCH3 is 2. The number of aromatic nitrogens is 2. The van der Waals surface area contributed by atoms with Crippen LogP contribution in [0.3, 0.4) is 0 Å². The lowest BCUT2D eigenvalue weighted by Crippen LogP contribution is -2.24. The molecular weight excluding hydrogens is 604 g/mol. The molecule has 46 heavy (non-hydrogen) atoms. The van der Waals surface area contributed by atoms with Gasteiger partial charge in [0.25, 0.3) is 11.3 Å². The molecule has 238 valence electrons. The van der Waals surface area contributed by atoms with Gasteiger partial charge in [-0.15, -0.1) is 0 Å². The molecule has 0 aliphatic rings. The van der Waals surface area contributed by atoms with E-state index in [9.17, 15) is 13.6 Å². The Hall–Kier alpha value is -5.20. The standard InChI is InChI=1S/C34H36N6O5S/c1-34(2,3)22-10-8-11-23(16-22)35-21-31(41)36-24-12-9-13-26(17-24)40(46(42)43)33-32(38-29-14-6-7-15-30(29)39-33)37-25-18-27(44-4)20-28(19-25)45-5/h6-20,35H,21H2,1-5H3,(H,36,41)(H,37,38)(H,42,43). The quantitative estimate of drug-likeness (QED) is 0.112. The fourth-order valence-electron chi connectivity index (χ4n) is 4.71. The van der Waals surface area contributed by atoms with E-state index in [0.29, 0.717) is 39.6 Å². The van der Waals surface area contributed by atoms with E-state index in [2.05, 4.69) is 42.8 Å². The second kappa shape index (κ2) is 13.8. The van der Waals surface area contributed by atoms with Crippen LogP contribution >= 0.6 is 0 Å². The second-order valence-corrected chi connectivity index (χ2v) is 12.2. The van der Waals surface area contributed by atoms with Crippen molar-refractivity contribution in [3.8, 4) is 11.5 Å². The lowest BCUT2D eigenvalue weighted by atomic mass is 9.87. The number of rotatable bonds is 11. The van der Waals surface area contributed by atoms with Gasteiger partial charge in [-0.1, -0.05) is 51.1 Å². The summed E-state index contributed by atoms with van der Waals surface area (Å²) < 4.78 is 35.4. The van der Waals surface area contributed by atoms with Gasteiger partial charge in [0.2, 0.25) is 5.91 Å². The smallest absolute Gasteiger partial charge is 0.268 e. The average Bonchev–Trinajstić information content (AvgIpc) is 3.03. The Bertz CT molecular complexity index is 1870. The number of anilines is 6. The molecule has 0 saturated heterocycles. The summed E-state index contributed by atoms with van der Waals surface area (Å²) in [6.07, 6.45) is 0. The van der Waals surface area contributed by atoms with Crippen LogP contribution < -0.4 is 29.7 Å². The lowest BCUT2D eigenvalue weighted by molar-refractivity contribution is -0.114. The van der Waals surface area contributed by atoms with Crippen molar-refractivity contribution >= 4 is 62.6 Å². The number of carbonyl (C=O) groups excluding carboxylic acids is 1. The fraction of sp³-hybridized carbons (Fsp3) is 0.206. The average molecular weight is 641 g/mol. The molecule has 11 nitrogen and oxygen atoms in total. The highest BCUT2D eigenvalue weighted by Gasteiger charge is 2.24. The Kier molecular flexibility index (Phi) is 9.69. The fourth-order valence-corrected chi connectivity index (χ4v) is 5.28. The number of para-hydroxylation sites is 2. The summed E-state index contributed by atoms with van der Waals surface area (Å²) in [6, 6.07) is 27.0. The van der Waals surface area contributed by atoms with Gasteiger partial charge in [0, 0.05) is 35.3 Å². The number of ether oxygens (including phenoxy) is 2. The zero-order valence-electron chi connectivity index (χ0n) is 26.2. The SMILES string of the molecule is COc1cc(Nc2nc3ccccc3nc2N(c2cccc(NC(=O)CNc3cccc(C(C)(C)C)c3)c2)S(=O)O)cc(OC)c1. The third-order valence-corrected chi connectivity index (χ3v) is 7.76. The first-order valence-electron chi connectivity index (χ1n) is 14.5. The van der Waals surface area contributed by atoms with E-state index in [0.717, 1.165) is 15.6 Å². The van der Waals surface area contributed by atoms with Gasteiger partial charge in [-0.05, 0) is 53.4 Å². The van der Waals surface area contributed by atoms with Crippen LogP contribution in [0.15, 0.2) is 91.0 Å². The molecule has 1 unspecified atom stereocenters. The Labute approximate surface area is 270 Å². The summed E-state index contributed by atoms with van der Waals surface area (Å²) in [7, 11) is 3.09.